The lowest BCUT2D eigenvalue weighted by Gasteiger charge is -2.19. The Balaban J connectivity index is 1.74. The molecule has 0 fully saturated rings. The molecule has 30 heavy (non-hydrogen) atoms. The van der Waals surface area contributed by atoms with Gasteiger partial charge in [-0.2, -0.15) is 0 Å². The molecule has 1 heterocycles. The van der Waals surface area contributed by atoms with Crippen LogP contribution in [0.3, 0.4) is 0 Å². The number of rotatable bonds is 8. The summed E-state index contributed by atoms with van der Waals surface area (Å²) in [7, 11) is 1.60. The van der Waals surface area contributed by atoms with E-state index in [1.54, 1.807) is 21.0 Å². The van der Waals surface area contributed by atoms with E-state index in [9.17, 15) is 9.59 Å². The van der Waals surface area contributed by atoms with Crippen molar-refractivity contribution in [2.75, 3.05) is 12.4 Å². The molecule has 0 spiro atoms. The zero-order chi connectivity index (χ0) is 21.5. The summed E-state index contributed by atoms with van der Waals surface area (Å²) in [6.07, 6.45) is 0.382. The topological polar surface area (TPSA) is 93.2 Å². The first kappa shape index (κ1) is 21.4. The minimum Gasteiger partial charge on any atom is -0.497 e. The van der Waals surface area contributed by atoms with Crippen LogP contribution < -0.4 is 15.4 Å². The third-order valence-corrected chi connectivity index (χ3v) is 5.30. The van der Waals surface area contributed by atoms with Crippen molar-refractivity contribution in [3.8, 4) is 16.3 Å². The molecule has 0 saturated carbocycles. The van der Waals surface area contributed by atoms with Crippen LogP contribution in [0.1, 0.15) is 19.4 Å². The molecule has 0 bridgehead atoms. The third-order valence-electron chi connectivity index (χ3n) is 4.41. The summed E-state index contributed by atoms with van der Waals surface area (Å²) in [4.78, 5) is 25.1. The molecule has 0 aliphatic rings. The number of nitrogens with zero attached hydrogens (tertiary/aromatic N) is 2. The highest BCUT2D eigenvalue weighted by atomic mass is 32.1. The number of carbonyl (C=O) groups excluding carboxylic acids is 2. The lowest BCUT2D eigenvalue weighted by atomic mass is 10.0. The maximum absolute atomic E-state index is 12.9. The Morgan fingerprint density at radius 1 is 1.03 bits per heavy atom. The molecule has 0 radical (unpaired) electrons. The molecular formula is C22H24N4O3S. The smallest absolute Gasteiger partial charge is 0.249 e. The SMILES string of the molecule is COc1cccc(-c2nnc(NC(=O)C(Cc3ccccc3)NC(=O)C(C)C)s2)c1. The van der Waals surface area contributed by atoms with E-state index in [0.29, 0.717) is 22.3 Å². The highest BCUT2D eigenvalue weighted by Crippen LogP contribution is 2.28. The van der Waals surface area contributed by atoms with E-state index in [4.69, 9.17) is 4.74 Å². The number of methoxy groups -OCH3 is 1. The van der Waals surface area contributed by atoms with Gasteiger partial charge < -0.3 is 10.1 Å². The average Bonchev–Trinajstić information content (AvgIpc) is 3.22. The molecule has 2 N–H and O–H groups in total. The zero-order valence-corrected chi connectivity index (χ0v) is 17.9. The van der Waals surface area contributed by atoms with Crippen molar-refractivity contribution in [1.29, 1.82) is 0 Å². The predicted molar refractivity (Wildman–Crippen MR) is 117 cm³/mol. The van der Waals surface area contributed by atoms with Crippen molar-refractivity contribution < 1.29 is 14.3 Å². The quantitative estimate of drug-likeness (QED) is 0.577. The van der Waals surface area contributed by atoms with Crippen LogP contribution in [0.4, 0.5) is 5.13 Å². The molecule has 8 heteroatoms. The molecule has 1 aromatic heterocycles. The van der Waals surface area contributed by atoms with E-state index in [1.807, 2.05) is 54.6 Å². The Morgan fingerprint density at radius 2 is 1.80 bits per heavy atom. The van der Waals surface area contributed by atoms with Gasteiger partial charge in [-0.25, -0.2) is 0 Å². The van der Waals surface area contributed by atoms with Crippen molar-refractivity contribution in [2.24, 2.45) is 5.92 Å². The summed E-state index contributed by atoms with van der Waals surface area (Å²) in [5.41, 5.74) is 1.80. The second kappa shape index (κ2) is 9.98. The van der Waals surface area contributed by atoms with Gasteiger partial charge in [-0.15, -0.1) is 10.2 Å². The van der Waals surface area contributed by atoms with Gasteiger partial charge in [-0.1, -0.05) is 67.6 Å². The van der Waals surface area contributed by atoms with Crippen molar-refractivity contribution in [3.63, 3.8) is 0 Å². The van der Waals surface area contributed by atoms with Crippen molar-refractivity contribution in [3.05, 3.63) is 60.2 Å². The van der Waals surface area contributed by atoms with E-state index < -0.39 is 6.04 Å². The van der Waals surface area contributed by atoms with Gasteiger partial charge >= 0.3 is 0 Å². The Kier molecular flexibility index (Phi) is 7.13. The average molecular weight is 425 g/mol. The van der Waals surface area contributed by atoms with E-state index in [-0.39, 0.29) is 17.7 Å². The number of hydrogen-bond acceptors (Lipinski definition) is 6. The van der Waals surface area contributed by atoms with Crippen LogP contribution in [0.25, 0.3) is 10.6 Å². The van der Waals surface area contributed by atoms with Gasteiger partial charge in [0.25, 0.3) is 0 Å². The summed E-state index contributed by atoms with van der Waals surface area (Å²) in [6, 6.07) is 16.3. The first-order chi connectivity index (χ1) is 14.5. The molecule has 2 aromatic carbocycles. The van der Waals surface area contributed by atoms with Crippen LogP contribution in [0, 0.1) is 5.92 Å². The Hall–Kier alpha value is -3.26. The van der Waals surface area contributed by atoms with Gasteiger partial charge in [0.05, 0.1) is 7.11 Å². The molecule has 1 atom stereocenters. The number of anilines is 1. The van der Waals surface area contributed by atoms with Crippen LogP contribution in [0.2, 0.25) is 0 Å². The fraction of sp³-hybridized carbons (Fsp3) is 0.273. The number of ether oxygens (including phenoxy) is 1. The van der Waals surface area contributed by atoms with Gasteiger partial charge in [0.1, 0.15) is 16.8 Å². The van der Waals surface area contributed by atoms with Crippen LogP contribution in [0.5, 0.6) is 5.75 Å². The van der Waals surface area contributed by atoms with Crippen molar-refractivity contribution in [2.45, 2.75) is 26.3 Å². The maximum Gasteiger partial charge on any atom is 0.249 e. The number of nitrogens with one attached hydrogen (secondary N) is 2. The van der Waals surface area contributed by atoms with Gasteiger partial charge in [-0.3, -0.25) is 14.9 Å². The second-order valence-electron chi connectivity index (χ2n) is 7.04. The van der Waals surface area contributed by atoms with Gasteiger partial charge in [0, 0.05) is 17.9 Å². The van der Waals surface area contributed by atoms with Gasteiger partial charge in [-0.05, 0) is 17.7 Å². The van der Waals surface area contributed by atoms with E-state index in [0.717, 1.165) is 11.1 Å². The van der Waals surface area contributed by atoms with Crippen LogP contribution in [-0.4, -0.2) is 35.2 Å². The number of hydrogen-bond donors (Lipinski definition) is 2. The summed E-state index contributed by atoms with van der Waals surface area (Å²) < 4.78 is 5.24. The highest BCUT2D eigenvalue weighted by Gasteiger charge is 2.23. The molecule has 7 nitrogen and oxygen atoms in total. The van der Waals surface area contributed by atoms with E-state index >= 15 is 0 Å². The molecule has 0 saturated heterocycles. The van der Waals surface area contributed by atoms with Crippen molar-refractivity contribution in [1.82, 2.24) is 15.5 Å². The Morgan fingerprint density at radius 3 is 2.50 bits per heavy atom. The molecule has 3 rings (SSSR count). The number of amides is 2. The molecule has 0 aliphatic carbocycles. The first-order valence-electron chi connectivity index (χ1n) is 9.59. The summed E-state index contributed by atoms with van der Waals surface area (Å²) in [6.45, 7) is 3.58. The summed E-state index contributed by atoms with van der Waals surface area (Å²) >= 11 is 1.26. The van der Waals surface area contributed by atoms with Gasteiger partial charge in [0.15, 0.2) is 0 Å². The lowest BCUT2D eigenvalue weighted by molar-refractivity contribution is -0.128. The number of benzene rings is 2. The van der Waals surface area contributed by atoms with E-state index in [1.165, 1.54) is 11.3 Å². The first-order valence-corrected chi connectivity index (χ1v) is 10.4. The number of aromatic nitrogens is 2. The molecule has 2 amide bonds. The molecular weight excluding hydrogens is 400 g/mol. The van der Waals surface area contributed by atoms with Crippen LogP contribution >= 0.6 is 11.3 Å². The van der Waals surface area contributed by atoms with Crippen molar-refractivity contribution >= 4 is 28.3 Å². The predicted octanol–water partition coefficient (Wildman–Crippen LogP) is 3.54. The molecule has 3 aromatic rings. The Labute approximate surface area is 179 Å². The minimum absolute atomic E-state index is 0.180. The Bertz CT molecular complexity index is 1000. The van der Waals surface area contributed by atoms with Crippen LogP contribution in [-0.2, 0) is 16.0 Å². The maximum atomic E-state index is 12.9. The minimum atomic E-state index is -0.716. The monoisotopic (exact) mass is 424 g/mol. The highest BCUT2D eigenvalue weighted by molar-refractivity contribution is 7.18. The summed E-state index contributed by atoms with van der Waals surface area (Å²) in [5.74, 6) is -0.0218. The second-order valence-corrected chi connectivity index (χ2v) is 8.02. The third kappa shape index (κ3) is 5.64. The zero-order valence-electron chi connectivity index (χ0n) is 17.1. The summed E-state index contributed by atoms with van der Waals surface area (Å²) in [5, 5.41) is 14.9. The van der Waals surface area contributed by atoms with Crippen LogP contribution in [0.15, 0.2) is 54.6 Å². The lowest BCUT2D eigenvalue weighted by Crippen LogP contribution is -2.46. The fourth-order valence-corrected chi connectivity index (χ4v) is 3.48. The number of carbonyl (C=O) groups is 2. The standard InChI is InChI=1S/C22H24N4O3S/c1-14(2)19(27)23-18(12-15-8-5-4-6-9-15)20(28)24-22-26-25-21(30-22)16-10-7-11-17(13-16)29-3/h4-11,13-14,18H,12H2,1-3H3,(H,23,27)(H,24,26,28). The molecule has 156 valence electrons. The van der Waals surface area contributed by atoms with E-state index in [2.05, 4.69) is 20.8 Å². The molecule has 0 aliphatic heterocycles. The van der Waals surface area contributed by atoms with Gasteiger partial charge in [0.2, 0.25) is 16.9 Å². The normalized spacial score (nSPS) is 11.7. The fourth-order valence-electron chi connectivity index (χ4n) is 2.74. The molecule has 1 unspecified atom stereocenters. The largest absolute Gasteiger partial charge is 0.497 e.